The summed E-state index contributed by atoms with van der Waals surface area (Å²) in [5, 5.41) is 0. The van der Waals surface area contributed by atoms with Gasteiger partial charge in [0.05, 0.1) is 0 Å². The fourth-order valence-corrected chi connectivity index (χ4v) is 0. The van der Waals surface area contributed by atoms with Gasteiger partial charge in [-0.25, -0.2) is 0 Å². The average molecular weight is 164 g/mol. The number of carbonyl (C=O) groups is 1. The molecule has 0 atom stereocenters. The molecule has 0 amide bonds. The van der Waals surface area contributed by atoms with E-state index in [0.717, 1.165) is 6.61 Å². The lowest BCUT2D eigenvalue weighted by atomic mass is 10.6. The predicted octanol–water partition coefficient (Wildman–Crippen LogP) is 1.51. The van der Waals surface area contributed by atoms with Crippen molar-refractivity contribution in [3.63, 3.8) is 0 Å². The third kappa shape index (κ3) is 1590. The highest BCUT2D eigenvalue weighted by Crippen LogP contribution is 1.52. The number of hydrogen-bond acceptors (Lipinski definition) is 3. The van der Waals surface area contributed by atoms with Crippen LogP contribution in [0, 0.1) is 0 Å². The van der Waals surface area contributed by atoms with Crippen molar-refractivity contribution in [1.82, 2.24) is 0 Å². The van der Waals surface area contributed by atoms with Crippen molar-refractivity contribution in [3.05, 3.63) is 0 Å². The fraction of sp³-hybridized carbons (Fsp3) is 0.875. The molecule has 0 aromatic rings. The molecule has 0 N–H and O–H groups in total. The summed E-state index contributed by atoms with van der Waals surface area (Å²) in [6.07, 6.45) is 0. The molecular formula is C8H20O3. The number of ketones is 1. The maximum Gasteiger partial charge on any atom is 0.126 e. The summed E-state index contributed by atoms with van der Waals surface area (Å²) in [6, 6.07) is 0. The summed E-state index contributed by atoms with van der Waals surface area (Å²) < 4.78 is 8.79. The summed E-state index contributed by atoms with van der Waals surface area (Å²) in [4.78, 5) is 9.44. The fourth-order valence-electron chi connectivity index (χ4n) is 0. The van der Waals surface area contributed by atoms with Crippen LogP contribution in [0.25, 0.3) is 0 Å². The first-order valence-electron chi connectivity index (χ1n) is 3.42. The largest absolute Gasteiger partial charge is 0.388 e. The van der Waals surface area contributed by atoms with Crippen LogP contribution < -0.4 is 0 Å². The number of hydrogen-bond donors (Lipinski definition) is 0. The van der Waals surface area contributed by atoms with Gasteiger partial charge < -0.3 is 14.3 Å². The Morgan fingerprint density at radius 1 is 1.18 bits per heavy atom. The molecule has 0 radical (unpaired) electrons. The molecule has 0 aliphatic rings. The van der Waals surface area contributed by atoms with Gasteiger partial charge in [0.1, 0.15) is 5.78 Å². The molecule has 0 unspecified atom stereocenters. The van der Waals surface area contributed by atoms with Crippen LogP contribution in [-0.4, -0.2) is 33.7 Å². The van der Waals surface area contributed by atoms with E-state index in [1.807, 2.05) is 6.92 Å². The van der Waals surface area contributed by atoms with Gasteiger partial charge in [-0.05, 0) is 20.8 Å². The first-order valence-corrected chi connectivity index (χ1v) is 3.42. The van der Waals surface area contributed by atoms with Crippen LogP contribution in [-0.2, 0) is 14.3 Å². The summed E-state index contributed by atoms with van der Waals surface area (Å²) in [6.45, 7) is 5.83. The Morgan fingerprint density at radius 2 is 1.27 bits per heavy atom. The van der Waals surface area contributed by atoms with Crippen LogP contribution in [0.3, 0.4) is 0 Å². The highest BCUT2D eigenvalue weighted by atomic mass is 16.5. The number of carbonyl (C=O) groups excluding carboxylic acids is 1. The minimum Gasteiger partial charge on any atom is -0.388 e. The standard InChI is InChI=1S/C3H8O.C3H6O.C2H6O/c1-3-4-2;1-3(2)4;1-3-2/h3H2,1-2H3;1-2H3;1-2H3. The minimum atomic E-state index is 0.167. The molecule has 3 nitrogen and oxygen atoms in total. The van der Waals surface area contributed by atoms with Crippen molar-refractivity contribution in [2.24, 2.45) is 0 Å². The Labute approximate surface area is 69.7 Å². The zero-order valence-corrected chi connectivity index (χ0v) is 8.43. The van der Waals surface area contributed by atoms with Crippen LogP contribution in [0.2, 0.25) is 0 Å². The van der Waals surface area contributed by atoms with Gasteiger partial charge in [0.25, 0.3) is 0 Å². The molecule has 0 bridgehead atoms. The second kappa shape index (κ2) is 22.6. The zero-order chi connectivity index (χ0) is 9.70. The SMILES string of the molecule is CC(C)=O.CCOC.COC. The van der Waals surface area contributed by atoms with Crippen molar-refractivity contribution < 1.29 is 14.3 Å². The number of ether oxygens (including phenoxy) is 2. The van der Waals surface area contributed by atoms with Gasteiger partial charge in [0.15, 0.2) is 0 Å². The van der Waals surface area contributed by atoms with E-state index in [0.29, 0.717) is 0 Å². The number of Topliss-reactive ketones (excluding diaryl/α,β-unsaturated/α-hetero) is 1. The van der Waals surface area contributed by atoms with Gasteiger partial charge in [0.2, 0.25) is 0 Å². The molecule has 0 saturated heterocycles. The van der Waals surface area contributed by atoms with Crippen LogP contribution >= 0.6 is 0 Å². The summed E-state index contributed by atoms with van der Waals surface area (Å²) in [5.41, 5.74) is 0. The van der Waals surface area contributed by atoms with Gasteiger partial charge >= 0.3 is 0 Å². The van der Waals surface area contributed by atoms with E-state index < -0.39 is 0 Å². The van der Waals surface area contributed by atoms with Gasteiger partial charge in [-0.1, -0.05) is 0 Å². The Balaban J connectivity index is -0.0000000886. The Kier molecular flexibility index (Phi) is 34.8. The van der Waals surface area contributed by atoms with Crippen molar-refractivity contribution in [2.75, 3.05) is 27.9 Å². The van der Waals surface area contributed by atoms with Crippen LogP contribution in [0.1, 0.15) is 20.8 Å². The maximum atomic E-state index is 9.44. The zero-order valence-electron chi connectivity index (χ0n) is 8.43. The molecule has 11 heavy (non-hydrogen) atoms. The molecular weight excluding hydrogens is 144 g/mol. The van der Waals surface area contributed by atoms with E-state index >= 15 is 0 Å². The predicted molar refractivity (Wildman–Crippen MR) is 46.8 cm³/mol. The normalized spacial score (nSPS) is 6.73. The lowest BCUT2D eigenvalue weighted by molar-refractivity contribution is -0.114. The molecule has 0 rings (SSSR count). The molecule has 0 aromatic carbocycles. The molecule has 3 heteroatoms. The van der Waals surface area contributed by atoms with Crippen LogP contribution in [0.5, 0.6) is 0 Å². The van der Waals surface area contributed by atoms with Gasteiger partial charge in [-0.3, -0.25) is 0 Å². The number of rotatable bonds is 1. The third-order valence-electron chi connectivity index (χ3n) is 0.289. The molecule has 70 valence electrons. The summed E-state index contributed by atoms with van der Waals surface area (Å²) in [7, 11) is 4.93. The topological polar surface area (TPSA) is 35.5 Å². The maximum absolute atomic E-state index is 9.44. The quantitative estimate of drug-likeness (QED) is 0.589. The third-order valence-corrected chi connectivity index (χ3v) is 0.289. The van der Waals surface area contributed by atoms with Gasteiger partial charge in [-0.15, -0.1) is 0 Å². The van der Waals surface area contributed by atoms with E-state index in [2.05, 4.69) is 9.47 Å². The van der Waals surface area contributed by atoms with Gasteiger partial charge in [0, 0.05) is 27.9 Å². The summed E-state index contributed by atoms with van der Waals surface area (Å²) in [5.74, 6) is 0.167. The van der Waals surface area contributed by atoms with Crippen molar-refractivity contribution in [2.45, 2.75) is 20.8 Å². The molecule has 0 spiro atoms. The monoisotopic (exact) mass is 164 g/mol. The average Bonchev–Trinajstić information content (AvgIpc) is 1.88. The van der Waals surface area contributed by atoms with Crippen molar-refractivity contribution >= 4 is 5.78 Å². The Hall–Kier alpha value is -0.410. The van der Waals surface area contributed by atoms with E-state index in [9.17, 15) is 4.79 Å². The van der Waals surface area contributed by atoms with E-state index in [1.54, 1.807) is 21.3 Å². The minimum absolute atomic E-state index is 0.167. The summed E-state index contributed by atoms with van der Waals surface area (Å²) >= 11 is 0. The molecule has 0 fully saturated rings. The molecule has 0 aromatic heterocycles. The first kappa shape index (κ1) is 16.9. The van der Waals surface area contributed by atoms with Crippen LogP contribution in [0.4, 0.5) is 0 Å². The molecule has 0 aliphatic carbocycles. The lowest BCUT2D eigenvalue weighted by Crippen LogP contribution is -1.73. The molecule has 0 heterocycles. The van der Waals surface area contributed by atoms with E-state index in [-0.39, 0.29) is 5.78 Å². The highest BCUT2D eigenvalue weighted by molar-refractivity contribution is 5.72. The second-order valence-electron chi connectivity index (χ2n) is 1.89. The highest BCUT2D eigenvalue weighted by Gasteiger charge is 1.62. The smallest absolute Gasteiger partial charge is 0.126 e. The van der Waals surface area contributed by atoms with Gasteiger partial charge in [-0.2, -0.15) is 0 Å². The Bertz CT molecular complexity index is 56.4. The first-order chi connectivity index (χ1) is 5.06. The Morgan fingerprint density at radius 3 is 1.27 bits per heavy atom. The lowest BCUT2D eigenvalue weighted by Gasteiger charge is -1.76. The molecule has 0 saturated carbocycles. The van der Waals surface area contributed by atoms with Crippen LogP contribution in [0.15, 0.2) is 0 Å². The molecule has 0 aliphatic heterocycles. The number of methoxy groups -OCH3 is 2. The van der Waals surface area contributed by atoms with Crippen molar-refractivity contribution in [3.8, 4) is 0 Å². The second-order valence-corrected chi connectivity index (χ2v) is 1.89. The van der Waals surface area contributed by atoms with Crippen molar-refractivity contribution in [1.29, 1.82) is 0 Å². The van der Waals surface area contributed by atoms with E-state index in [4.69, 9.17) is 0 Å². The van der Waals surface area contributed by atoms with E-state index in [1.165, 1.54) is 13.8 Å².